The molecule has 0 aliphatic heterocycles. The zero-order valence-electron chi connectivity index (χ0n) is 9.89. The van der Waals surface area contributed by atoms with Crippen LogP contribution in [0, 0.1) is 5.41 Å². The van der Waals surface area contributed by atoms with Crippen LogP contribution in [0.2, 0.25) is 0 Å². The first-order valence-electron chi connectivity index (χ1n) is 5.77. The van der Waals surface area contributed by atoms with Crippen LogP contribution in [0.3, 0.4) is 0 Å². The number of carboxylic acid groups (broad SMARTS) is 1. The fraction of sp³-hybridized carbons (Fsp3) is 0.462. The Morgan fingerprint density at radius 2 is 1.94 bits per heavy atom. The summed E-state index contributed by atoms with van der Waals surface area (Å²) in [6.45, 7) is 0.719. The third-order valence-corrected chi connectivity index (χ3v) is 3.52. The van der Waals surface area contributed by atoms with E-state index in [-0.39, 0.29) is 5.75 Å². The van der Waals surface area contributed by atoms with Gasteiger partial charge in [0.05, 0.1) is 5.41 Å². The molecular formula is C13H17NO3. The van der Waals surface area contributed by atoms with Gasteiger partial charge in [-0.25, -0.2) is 0 Å². The predicted octanol–water partition coefficient (Wildman–Crippen LogP) is 2.08. The van der Waals surface area contributed by atoms with E-state index in [1.807, 2.05) is 24.1 Å². The van der Waals surface area contributed by atoms with Crippen molar-refractivity contribution in [3.8, 4) is 5.75 Å². The molecule has 1 aliphatic rings. The van der Waals surface area contributed by atoms with Gasteiger partial charge in [-0.15, -0.1) is 0 Å². The molecule has 0 amide bonds. The van der Waals surface area contributed by atoms with Crippen LogP contribution in [0.15, 0.2) is 24.3 Å². The maximum Gasteiger partial charge on any atom is 0.309 e. The molecule has 1 aliphatic carbocycles. The van der Waals surface area contributed by atoms with E-state index in [1.165, 1.54) is 0 Å². The highest BCUT2D eigenvalue weighted by Gasteiger charge is 2.49. The van der Waals surface area contributed by atoms with Crippen molar-refractivity contribution in [2.24, 2.45) is 5.41 Å². The Morgan fingerprint density at radius 3 is 2.41 bits per heavy atom. The van der Waals surface area contributed by atoms with E-state index >= 15 is 0 Å². The number of benzene rings is 1. The maximum atomic E-state index is 11.0. The fourth-order valence-electron chi connectivity index (χ4n) is 1.94. The first-order valence-corrected chi connectivity index (χ1v) is 5.77. The summed E-state index contributed by atoms with van der Waals surface area (Å²) in [6, 6.07) is 6.93. The molecule has 0 spiro atoms. The normalized spacial score (nSPS) is 16.5. The lowest BCUT2D eigenvalue weighted by Crippen LogP contribution is -2.25. The third kappa shape index (κ3) is 2.52. The van der Waals surface area contributed by atoms with E-state index in [0.29, 0.717) is 6.42 Å². The first-order chi connectivity index (χ1) is 8.03. The van der Waals surface area contributed by atoms with Crippen molar-refractivity contribution in [2.45, 2.75) is 19.3 Å². The van der Waals surface area contributed by atoms with E-state index in [2.05, 4.69) is 0 Å². The molecule has 0 bridgehead atoms. The Kier molecular flexibility index (Phi) is 2.96. The molecular weight excluding hydrogens is 218 g/mol. The SMILES string of the molecule is CN(CCC1(C(=O)O)CC1)c1ccc(O)cc1. The van der Waals surface area contributed by atoms with Crippen molar-refractivity contribution in [1.29, 1.82) is 0 Å². The Hall–Kier alpha value is -1.71. The lowest BCUT2D eigenvalue weighted by atomic mass is 10.0. The van der Waals surface area contributed by atoms with Crippen molar-refractivity contribution < 1.29 is 15.0 Å². The molecule has 1 fully saturated rings. The minimum atomic E-state index is -0.670. The average molecular weight is 235 g/mol. The molecule has 92 valence electrons. The molecule has 0 radical (unpaired) electrons. The van der Waals surface area contributed by atoms with Gasteiger partial charge in [0.25, 0.3) is 0 Å². The van der Waals surface area contributed by atoms with Gasteiger partial charge in [-0.1, -0.05) is 0 Å². The standard InChI is InChI=1S/C13H17NO3/c1-14(10-2-4-11(15)5-3-10)9-8-13(6-7-13)12(16)17/h2-5,15H,6-9H2,1H3,(H,16,17). The summed E-state index contributed by atoms with van der Waals surface area (Å²) in [5.41, 5.74) is 0.523. The second-order valence-corrected chi connectivity index (χ2v) is 4.77. The summed E-state index contributed by atoms with van der Waals surface area (Å²) < 4.78 is 0. The minimum Gasteiger partial charge on any atom is -0.508 e. The van der Waals surface area contributed by atoms with Crippen molar-refractivity contribution in [2.75, 3.05) is 18.5 Å². The van der Waals surface area contributed by atoms with Gasteiger partial charge < -0.3 is 15.1 Å². The number of rotatable bonds is 5. The summed E-state index contributed by atoms with van der Waals surface area (Å²) in [5.74, 6) is -0.428. The zero-order chi connectivity index (χ0) is 12.5. The predicted molar refractivity (Wildman–Crippen MR) is 65.3 cm³/mol. The summed E-state index contributed by atoms with van der Waals surface area (Å²) in [5, 5.41) is 18.3. The van der Waals surface area contributed by atoms with Crippen molar-refractivity contribution in [1.82, 2.24) is 0 Å². The van der Waals surface area contributed by atoms with E-state index in [9.17, 15) is 9.90 Å². The fourth-order valence-corrected chi connectivity index (χ4v) is 1.94. The van der Waals surface area contributed by atoms with Crippen LogP contribution in [0.4, 0.5) is 5.69 Å². The summed E-state index contributed by atoms with van der Waals surface area (Å²) in [4.78, 5) is 13.0. The summed E-state index contributed by atoms with van der Waals surface area (Å²) in [6.07, 6.45) is 2.28. The Bertz CT molecular complexity index is 409. The van der Waals surface area contributed by atoms with Gasteiger partial charge in [-0.3, -0.25) is 4.79 Å². The van der Waals surface area contributed by atoms with Gasteiger partial charge in [-0.05, 0) is 43.5 Å². The van der Waals surface area contributed by atoms with Gasteiger partial charge in [-0.2, -0.15) is 0 Å². The van der Waals surface area contributed by atoms with Crippen LogP contribution < -0.4 is 4.90 Å². The summed E-state index contributed by atoms with van der Waals surface area (Å²) in [7, 11) is 1.93. The summed E-state index contributed by atoms with van der Waals surface area (Å²) >= 11 is 0. The molecule has 0 aromatic heterocycles. The Morgan fingerprint density at radius 1 is 1.35 bits per heavy atom. The van der Waals surface area contributed by atoms with Crippen LogP contribution >= 0.6 is 0 Å². The smallest absolute Gasteiger partial charge is 0.309 e. The second kappa shape index (κ2) is 4.28. The zero-order valence-corrected chi connectivity index (χ0v) is 9.89. The van der Waals surface area contributed by atoms with Gasteiger partial charge in [0.15, 0.2) is 0 Å². The number of anilines is 1. The lowest BCUT2D eigenvalue weighted by Gasteiger charge is -2.21. The third-order valence-electron chi connectivity index (χ3n) is 3.52. The van der Waals surface area contributed by atoms with E-state index in [1.54, 1.807) is 12.1 Å². The van der Waals surface area contributed by atoms with Crippen LogP contribution in [0.5, 0.6) is 5.75 Å². The molecule has 1 aromatic rings. The van der Waals surface area contributed by atoms with Crippen molar-refractivity contribution in [3.05, 3.63) is 24.3 Å². The largest absolute Gasteiger partial charge is 0.508 e. The lowest BCUT2D eigenvalue weighted by molar-refractivity contribution is -0.143. The number of carboxylic acids is 1. The van der Waals surface area contributed by atoms with E-state index < -0.39 is 11.4 Å². The Balaban J connectivity index is 1.91. The first kappa shape index (κ1) is 11.8. The second-order valence-electron chi connectivity index (χ2n) is 4.77. The number of hydrogen-bond donors (Lipinski definition) is 2. The highest BCUT2D eigenvalue weighted by molar-refractivity contribution is 5.77. The van der Waals surface area contributed by atoms with Crippen LogP contribution in [-0.4, -0.2) is 29.8 Å². The highest BCUT2D eigenvalue weighted by atomic mass is 16.4. The number of aliphatic carboxylic acids is 1. The molecule has 0 unspecified atom stereocenters. The van der Waals surface area contributed by atoms with Crippen LogP contribution in [0.25, 0.3) is 0 Å². The Labute approximate surface area is 100 Å². The number of phenolic OH excluding ortho intramolecular Hbond substituents is 1. The molecule has 1 aromatic carbocycles. The number of aromatic hydroxyl groups is 1. The van der Waals surface area contributed by atoms with Crippen molar-refractivity contribution in [3.63, 3.8) is 0 Å². The molecule has 4 nitrogen and oxygen atoms in total. The monoisotopic (exact) mass is 235 g/mol. The molecule has 2 N–H and O–H groups in total. The molecule has 0 saturated heterocycles. The molecule has 2 rings (SSSR count). The molecule has 4 heteroatoms. The highest BCUT2D eigenvalue weighted by Crippen LogP contribution is 2.49. The molecule has 0 atom stereocenters. The van der Waals surface area contributed by atoms with Gasteiger partial charge in [0.2, 0.25) is 0 Å². The van der Waals surface area contributed by atoms with E-state index in [0.717, 1.165) is 25.1 Å². The molecule has 1 saturated carbocycles. The molecule has 17 heavy (non-hydrogen) atoms. The number of phenols is 1. The van der Waals surface area contributed by atoms with Crippen LogP contribution in [-0.2, 0) is 4.79 Å². The maximum absolute atomic E-state index is 11.0. The number of hydrogen-bond acceptors (Lipinski definition) is 3. The van der Waals surface area contributed by atoms with Gasteiger partial charge >= 0.3 is 5.97 Å². The topological polar surface area (TPSA) is 60.8 Å². The van der Waals surface area contributed by atoms with Gasteiger partial charge in [0, 0.05) is 19.3 Å². The quantitative estimate of drug-likeness (QED) is 0.820. The van der Waals surface area contributed by atoms with E-state index in [4.69, 9.17) is 5.11 Å². The van der Waals surface area contributed by atoms with Crippen LogP contribution in [0.1, 0.15) is 19.3 Å². The minimum absolute atomic E-state index is 0.242. The average Bonchev–Trinajstić information content (AvgIpc) is 3.08. The molecule has 0 heterocycles. The van der Waals surface area contributed by atoms with Gasteiger partial charge in [0.1, 0.15) is 5.75 Å². The number of nitrogens with zero attached hydrogens (tertiary/aromatic N) is 1. The van der Waals surface area contributed by atoms with Crippen molar-refractivity contribution >= 4 is 11.7 Å². The number of carbonyl (C=O) groups is 1.